The van der Waals surface area contributed by atoms with Crippen molar-refractivity contribution in [3.63, 3.8) is 0 Å². The zero-order chi connectivity index (χ0) is 31.5. The predicted molar refractivity (Wildman–Crippen MR) is 196 cm³/mol. The van der Waals surface area contributed by atoms with Gasteiger partial charge >= 0.3 is 0 Å². The molecule has 1 aliphatic rings. The van der Waals surface area contributed by atoms with Gasteiger partial charge in [0, 0.05) is 38.8 Å². The second kappa shape index (κ2) is 10.6. The number of rotatable bonds is 5. The third-order valence-electron chi connectivity index (χ3n) is 9.83. The standard InChI is InChI=1S/C44H33N3/c1-44(2)39-19-11-9-17-35(39)36-24-21-30(27-40(36)44)41-25-22-34(29-45-41)46(31-13-5-3-6-14-31)33-23-26-43-38(28-33)37-18-10-12-20-42(37)47(43)32-15-7-4-8-16-32/h3-29H,1-2H3. The Hall–Kier alpha value is -5.93. The van der Waals surface area contributed by atoms with E-state index in [0.717, 1.165) is 34.0 Å². The molecule has 0 atom stereocenters. The number of benzene rings is 6. The van der Waals surface area contributed by atoms with Gasteiger partial charge in [0.2, 0.25) is 0 Å². The average molecular weight is 604 g/mol. The van der Waals surface area contributed by atoms with E-state index < -0.39 is 0 Å². The van der Waals surface area contributed by atoms with E-state index >= 15 is 0 Å². The molecule has 2 heterocycles. The van der Waals surface area contributed by atoms with E-state index in [9.17, 15) is 0 Å². The Morgan fingerprint density at radius 2 is 1.19 bits per heavy atom. The Morgan fingerprint density at radius 3 is 2.00 bits per heavy atom. The number of hydrogen-bond acceptors (Lipinski definition) is 2. The summed E-state index contributed by atoms with van der Waals surface area (Å²) in [5.41, 5.74) is 14.2. The van der Waals surface area contributed by atoms with Gasteiger partial charge in [-0.2, -0.15) is 0 Å². The molecule has 0 bridgehead atoms. The first-order valence-electron chi connectivity index (χ1n) is 16.2. The summed E-state index contributed by atoms with van der Waals surface area (Å²) in [6, 6.07) is 56.6. The van der Waals surface area contributed by atoms with E-state index in [0.29, 0.717) is 0 Å². The molecular formula is C44H33N3. The van der Waals surface area contributed by atoms with Gasteiger partial charge in [0.25, 0.3) is 0 Å². The van der Waals surface area contributed by atoms with Crippen molar-refractivity contribution in [1.82, 2.24) is 9.55 Å². The van der Waals surface area contributed by atoms with Crippen LogP contribution in [0.2, 0.25) is 0 Å². The number of nitrogens with zero attached hydrogens (tertiary/aromatic N) is 3. The Labute approximate surface area is 275 Å². The summed E-state index contributed by atoms with van der Waals surface area (Å²) in [5.74, 6) is 0. The number of anilines is 3. The fraction of sp³-hybridized carbons (Fsp3) is 0.0682. The highest BCUT2D eigenvalue weighted by Gasteiger charge is 2.35. The van der Waals surface area contributed by atoms with Gasteiger partial charge in [-0.1, -0.05) is 105 Å². The molecule has 8 aromatic rings. The van der Waals surface area contributed by atoms with Crippen LogP contribution in [-0.4, -0.2) is 9.55 Å². The molecule has 6 aromatic carbocycles. The quantitative estimate of drug-likeness (QED) is 0.195. The van der Waals surface area contributed by atoms with Crippen LogP contribution in [0.5, 0.6) is 0 Å². The third-order valence-corrected chi connectivity index (χ3v) is 9.83. The van der Waals surface area contributed by atoms with Crippen LogP contribution in [0.25, 0.3) is 49.9 Å². The highest BCUT2D eigenvalue weighted by Crippen LogP contribution is 2.49. The number of hydrogen-bond donors (Lipinski definition) is 0. The summed E-state index contributed by atoms with van der Waals surface area (Å²) in [7, 11) is 0. The molecule has 47 heavy (non-hydrogen) atoms. The zero-order valence-corrected chi connectivity index (χ0v) is 26.4. The van der Waals surface area contributed by atoms with E-state index in [1.807, 2.05) is 6.20 Å². The molecule has 0 aliphatic heterocycles. The molecule has 0 fully saturated rings. The average Bonchev–Trinajstić information content (AvgIpc) is 3.58. The van der Waals surface area contributed by atoms with E-state index in [-0.39, 0.29) is 5.41 Å². The normalized spacial score (nSPS) is 13.1. The van der Waals surface area contributed by atoms with Gasteiger partial charge in [0.05, 0.1) is 28.6 Å². The number of pyridine rings is 1. The van der Waals surface area contributed by atoms with Crippen LogP contribution >= 0.6 is 0 Å². The first kappa shape index (κ1) is 27.4. The fourth-order valence-corrected chi connectivity index (χ4v) is 7.53. The van der Waals surface area contributed by atoms with Crippen molar-refractivity contribution in [1.29, 1.82) is 0 Å². The van der Waals surface area contributed by atoms with Crippen molar-refractivity contribution in [3.8, 4) is 28.1 Å². The van der Waals surface area contributed by atoms with Crippen LogP contribution in [0.3, 0.4) is 0 Å². The molecule has 2 aromatic heterocycles. The summed E-state index contributed by atoms with van der Waals surface area (Å²) in [5, 5.41) is 2.45. The number of para-hydroxylation sites is 3. The maximum atomic E-state index is 5.05. The Bertz CT molecular complexity index is 2420. The van der Waals surface area contributed by atoms with Crippen LogP contribution in [0.1, 0.15) is 25.0 Å². The lowest BCUT2D eigenvalue weighted by Crippen LogP contribution is -2.14. The van der Waals surface area contributed by atoms with Crippen molar-refractivity contribution in [2.75, 3.05) is 4.90 Å². The van der Waals surface area contributed by atoms with Crippen molar-refractivity contribution < 1.29 is 0 Å². The van der Waals surface area contributed by atoms with Crippen molar-refractivity contribution >= 4 is 38.9 Å². The molecule has 0 amide bonds. The van der Waals surface area contributed by atoms with Crippen LogP contribution in [-0.2, 0) is 5.41 Å². The highest BCUT2D eigenvalue weighted by atomic mass is 15.1. The third kappa shape index (κ3) is 4.31. The highest BCUT2D eigenvalue weighted by molar-refractivity contribution is 6.10. The monoisotopic (exact) mass is 603 g/mol. The van der Waals surface area contributed by atoms with Gasteiger partial charge < -0.3 is 9.47 Å². The van der Waals surface area contributed by atoms with Gasteiger partial charge in [-0.15, -0.1) is 0 Å². The minimum atomic E-state index is -0.0474. The first-order chi connectivity index (χ1) is 23.1. The fourth-order valence-electron chi connectivity index (χ4n) is 7.53. The molecule has 0 spiro atoms. The molecule has 9 rings (SSSR count). The molecule has 3 nitrogen and oxygen atoms in total. The lowest BCUT2D eigenvalue weighted by molar-refractivity contribution is 0.660. The smallest absolute Gasteiger partial charge is 0.0703 e. The molecule has 224 valence electrons. The van der Waals surface area contributed by atoms with Crippen molar-refractivity contribution in [2.24, 2.45) is 0 Å². The predicted octanol–water partition coefficient (Wildman–Crippen LogP) is 11.6. The molecule has 0 saturated carbocycles. The number of fused-ring (bicyclic) bond motifs is 6. The summed E-state index contributed by atoms with van der Waals surface area (Å²) in [4.78, 5) is 7.35. The lowest BCUT2D eigenvalue weighted by Gasteiger charge is -2.25. The molecule has 0 unspecified atom stereocenters. The molecule has 1 aliphatic carbocycles. The van der Waals surface area contributed by atoms with E-state index in [1.54, 1.807) is 0 Å². The van der Waals surface area contributed by atoms with E-state index in [1.165, 1.54) is 44.1 Å². The van der Waals surface area contributed by atoms with Gasteiger partial charge in [0.15, 0.2) is 0 Å². The Balaban J connectivity index is 1.14. The summed E-state index contributed by atoms with van der Waals surface area (Å²) >= 11 is 0. The van der Waals surface area contributed by atoms with Crippen molar-refractivity contribution in [3.05, 3.63) is 175 Å². The van der Waals surface area contributed by atoms with E-state index in [2.05, 4.69) is 181 Å². The molecule has 0 radical (unpaired) electrons. The van der Waals surface area contributed by atoms with Crippen LogP contribution in [0, 0.1) is 0 Å². The molecule has 0 saturated heterocycles. The first-order valence-corrected chi connectivity index (χ1v) is 16.2. The minimum absolute atomic E-state index is 0.0474. The lowest BCUT2D eigenvalue weighted by atomic mass is 9.82. The summed E-state index contributed by atoms with van der Waals surface area (Å²) in [6.07, 6.45) is 2.01. The van der Waals surface area contributed by atoms with Crippen molar-refractivity contribution in [2.45, 2.75) is 19.3 Å². The molecule has 3 heteroatoms. The molecular weight excluding hydrogens is 571 g/mol. The second-order valence-electron chi connectivity index (χ2n) is 12.9. The Kier molecular flexibility index (Phi) is 6.16. The van der Waals surface area contributed by atoms with Gasteiger partial charge in [-0.25, -0.2) is 0 Å². The topological polar surface area (TPSA) is 21.1 Å². The van der Waals surface area contributed by atoms with Crippen LogP contribution < -0.4 is 4.90 Å². The van der Waals surface area contributed by atoms with Gasteiger partial charge in [-0.05, 0) is 89.0 Å². The number of aromatic nitrogens is 2. The zero-order valence-electron chi connectivity index (χ0n) is 26.4. The maximum Gasteiger partial charge on any atom is 0.0703 e. The minimum Gasteiger partial charge on any atom is -0.309 e. The van der Waals surface area contributed by atoms with Gasteiger partial charge in [-0.3, -0.25) is 4.98 Å². The van der Waals surface area contributed by atoms with E-state index in [4.69, 9.17) is 4.98 Å². The molecule has 0 N–H and O–H groups in total. The Morgan fingerprint density at radius 1 is 0.511 bits per heavy atom. The summed E-state index contributed by atoms with van der Waals surface area (Å²) < 4.78 is 2.36. The van der Waals surface area contributed by atoms with Crippen LogP contribution in [0.15, 0.2) is 164 Å². The largest absolute Gasteiger partial charge is 0.309 e. The second-order valence-corrected chi connectivity index (χ2v) is 12.9. The van der Waals surface area contributed by atoms with Crippen LogP contribution in [0.4, 0.5) is 17.1 Å². The maximum absolute atomic E-state index is 5.05. The van der Waals surface area contributed by atoms with Gasteiger partial charge in [0.1, 0.15) is 0 Å². The summed E-state index contributed by atoms with van der Waals surface area (Å²) in [6.45, 7) is 4.65. The SMILES string of the molecule is CC1(C)c2ccccc2-c2ccc(-c3ccc(N(c4ccccc4)c4ccc5c(c4)c4ccccc4n5-c4ccccc4)cn3)cc21.